The zero-order valence-electron chi connectivity index (χ0n) is 13.4. The van der Waals surface area contributed by atoms with Crippen LogP contribution in [0.3, 0.4) is 0 Å². The lowest BCUT2D eigenvalue weighted by Gasteiger charge is -2.39. The predicted molar refractivity (Wildman–Crippen MR) is 88.9 cm³/mol. The molecule has 23 heavy (non-hydrogen) atoms. The minimum atomic E-state index is -1.01. The molecule has 3 rings (SSSR count). The van der Waals surface area contributed by atoms with Gasteiger partial charge in [-0.25, -0.2) is 4.79 Å². The summed E-state index contributed by atoms with van der Waals surface area (Å²) in [7, 11) is 0. The van der Waals surface area contributed by atoms with Crippen LogP contribution in [0.25, 0.3) is 0 Å². The number of amides is 1. The second-order valence-corrected chi connectivity index (χ2v) is 6.69. The van der Waals surface area contributed by atoms with Gasteiger partial charge in [0.2, 0.25) is 0 Å². The second-order valence-electron chi connectivity index (χ2n) is 6.69. The standard InChI is InChI=1S/C19H21NO3/c1-19(2)12-23-16-11-14(10-13-6-4-3-5-7-13)8-9-15(16)17(19)20-18(21)22/h3-9,11,17,20H,10,12H2,1-2H3,(H,21,22). The Balaban J connectivity index is 1.90. The van der Waals surface area contributed by atoms with Gasteiger partial charge in [-0.3, -0.25) is 0 Å². The number of carbonyl (C=O) groups is 1. The van der Waals surface area contributed by atoms with Gasteiger partial charge < -0.3 is 15.2 Å². The van der Waals surface area contributed by atoms with Crippen LogP contribution in [0.5, 0.6) is 5.75 Å². The van der Waals surface area contributed by atoms with Crippen molar-refractivity contribution >= 4 is 6.09 Å². The van der Waals surface area contributed by atoms with Gasteiger partial charge in [-0.05, 0) is 23.6 Å². The summed E-state index contributed by atoms with van der Waals surface area (Å²) >= 11 is 0. The second kappa shape index (κ2) is 5.95. The first-order valence-corrected chi connectivity index (χ1v) is 7.75. The number of fused-ring (bicyclic) bond motifs is 1. The van der Waals surface area contributed by atoms with Gasteiger partial charge >= 0.3 is 6.09 Å². The van der Waals surface area contributed by atoms with Crippen molar-refractivity contribution in [1.29, 1.82) is 0 Å². The molecule has 0 aliphatic carbocycles. The zero-order chi connectivity index (χ0) is 16.4. The fraction of sp³-hybridized carbons (Fsp3) is 0.316. The fourth-order valence-electron chi connectivity index (χ4n) is 3.05. The third kappa shape index (κ3) is 3.31. The lowest BCUT2D eigenvalue weighted by atomic mass is 9.78. The van der Waals surface area contributed by atoms with E-state index in [1.165, 1.54) is 5.56 Å². The SMILES string of the molecule is CC1(C)COc2cc(Cc3ccccc3)ccc2C1NC(=O)O. The van der Waals surface area contributed by atoms with E-state index in [0.717, 1.165) is 23.3 Å². The Morgan fingerprint density at radius 2 is 1.96 bits per heavy atom. The summed E-state index contributed by atoms with van der Waals surface area (Å²) in [5, 5.41) is 11.8. The van der Waals surface area contributed by atoms with Crippen molar-refractivity contribution in [3.63, 3.8) is 0 Å². The maximum Gasteiger partial charge on any atom is 0.405 e. The van der Waals surface area contributed by atoms with E-state index in [2.05, 4.69) is 17.4 Å². The van der Waals surface area contributed by atoms with E-state index in [4.69, 9.17) is 9.84 Å². The molecule has 0 aromatic heterocycles. The molecule has 2 aromatic rings. The molecular weight excluding hydrogens is 290 g/mol. The molecule has 1 atom stereocenters. The van der Waals surface area contributed by atoms with Crippen LogP contribution in [0.2, 0.25) is 0 Å². The summed E-state index contributed by atoms with van der Waals surface area (Å²) < 4.78 is 5.90. The smallest absolute Gasteiger partial charge is 0.405 e. The molecule has 2 N–H and O–H groups in total. The average Bonchev–Trinajstić information content (AvgIpc) is 2.51. The number of rotatable bonds is 3. The molecule has 0 saturated carbocycles. The predicted octanol–water partition coefficient (Wildman–Crippen LogP) is 4.00. The van der Waals surface area contributed by atoms with Gasteiger partial charge in [0, 0.05) is 11.0 Å². The summed E-state index contributed by atoms with van der Waals surface area (Å²) in [6, 6.07) is 16.0. The lowest BCUT2D eigenvalue weighted by molar-refractivity contribution is 0.0994. The number of benzene rings is 2. The highest BCUT2D eigenvalue weighted by atomic mass is 16.5. The highest BCUT2D eigenvalue weighted by Gasteiger charge is 2.38. The van der Waals surface area contributed by atoms with Crippen LogP contribution in [0, 0.1) is 5.41 Å². The molecule has 1 aliphatic rings. The van der Waals surface area contributed by atoms with E-state index >= 15 is 0 Å². The molecule has 1 heterocycles. The first-order chi connectivity index (χ1) is 11.0. The molecule has 0 radical (unpaired) electrons. The molecule has 1 unspecified atom stereocenters. The number of hydrogen-bond acceptors (Lipinski definition) is 2. The lowest BCUT2D eigenvalue weighted by Crippen LogP contribution is -2.43. The Morgan fingerprint density at radius 1 is 1.22 bits per heavy atom. The van der Waals surface area contributed by atoms with E-state index in [1.54, 1.807) is 0 Å². The normalized spacial score (nSPS) is 18.6. The van der Waals surface area contributed by atoms with Crippen LogP contribution in [0.15, 0.2) is 48.5 Å². The van der Waals surface area contributed by atoms with E-state index in [1.807, 2.05) is 50.2 Å². The third-order valence-electron chi connectivity index (χ3n) is 4.29. The highest BCUT2D eigenvalue weighted by Crippen LogP contribution is 2.43. The first-order valence-electron chi connectivity index (χ1n) is 7.75. The maximum absolute atomic E-state index is 11.1. The number of hydrogen-bond donors (Lipinski definition) is 2. The van der Waals surface area contributed by atoms with Crippen LogP contribution in [-0.4, -0.2) is 17.8 Å². The van der Waals surface area contributed by atoms with E-state index in [9.17, 15) is 4.79 Å². The summed E-state index contributed by atoms with van der Waals surface area (Å²) in [4.78, 5) is 11.1. The molecule has 1 aliphatic heterocycles. The van der Waals surface area contributed by atoms with Crippen molar-refractivity contribution in [3.05, 3.63) is 65.2 Å². The van der Waals surface area contributed by atoms with Crippen LogP contribution in [-0.2, 0) is 6.42 Å². The van der Waals surface area contributed by atoms with Crippen LogP contribution in [0.1, 0.15) is 36.6 Å². The number of carboxylic acid groups (broad SMARTS) is 1. The van der Waals surface area contributed by atoms with Gasteiger partial charge in [0.05, 0.1) is 12.6 Å². The van der Waals surface area contributed by atoms with Gasteiger partial charge in [0.15, 0.2) is 0 Å². The van der Waals surface area contributed by atoms with Crippen molar-refractivity contribution < 1.29 is 14.6 Å². The van der Waals surface area contributed by atoms with E-state index < -0.39 is 6.09 Å². The molecule has 0 saturated heterocycles. The molecule has 120 valence electrons. The molecule has 0 fully saturated rings. The minimum Gasteiger partial charge on any atom is -0.493 e. The summed E-state index contributed by atoms with van der Waals surface area (Å²) in [6.07, 6.45) is -0.179. The van der Waals surface area contributed by atoms with Crippen molar-refractivity contribution in [2.24, 2.45) is 5.41 Å². The van der Waals surface area contributed by atoms with Gasteiger partial charge in [0.1, 0.15) is 5.75 Å². The Labute approximate surface area is 136 Å². The minimum absolute atomic E-state index is 0.269. The van der Waals surface area contributed by atoms with E-state index in [-0.39, 0.29) is 11.5 Å². The van der Waals surface area contributed by atoms with Crippen LogP contribution >= 0.6 is 0 Å². The summed E-state index contributed by atoms with van der Waals surface area (Å²) in [5.74, 6) is 0.775. The van der Waals surface area contributed by atoms with Gasteiger partial charge in [0.25, 0.3) is 0 Å². The highest BCUT2D eigenvalue weighted by molar-refractivity contribution is 5.66. The Bertz CT molecular complexity index is 710. The molecule has 1 amide bonds. The summed E-state index contributed by atoms with van der Waals surface area (Å²) in [5.41, 5.74) is 3.01. The van der Waals surface area contributed by atoms with Gasteiger partial charge in [-0.15, -0.1) is 0 Å². The Hall–Kier alpha value is -2.49. The Kier molecular flexibility index (Phi) is 3.99. The zero-order valence-corrected chi connectivity index (χ0v) is 13.4. The van der Waals surface area contributed by atoms with Crippen LogP contribution < -0.4 is 10.1 Å². The molecule has 4 nitrogen and oxygen atoms in total. The molecule has 0 spiro atoms. The average molecular weight is 311 g/mol. The van der Waals surface area contributed by atoms with Gasteiger partial charge in [-0.2, -0.15) is 0 Å². The number of nitrogens with one attached hydrogen (secondary N) is 1. The molecule has 2 aromatic carbocycles. The van der Waals surface area contributed by atoms with Crippen molar-refractivity contribution in [2.75, 3.05) is 6.61 Å². The van der Waals surface area contributed by atoms with Crippen molar-refractivity contribution in [1.82, 2.24) is 5.32 Å². The van der Waals surface area contributed by atoms with E-state index in [0.29, 0.717) is 6.61 Å². The Morgan fingerprint density at radius 3 is 2.65 bits per heavy atom. The molecule has 0 bridgehead atoms. The topological polar surface area (TPSA) is 58.6 Å². The molecular formula is C19H21NO3. The van der Waals surface area contributed by atoms with Crippen LogP contribution in [0.4, 0.5) is 4.79 Å². The van der Waals surface area contributed by atoms with Crippen molar-refractivity contribution in [3.8, 4) is 5.75 Å². The quantitative estimate of drug-likeness (QED) is 0.900. The van der Waals surface area contributed by atoms with Gasteiger partial charge in [-0.1, -0.05) is 56.3 Å². The largest absolute Gasteiger partial charge is 0.493 e. The fourth-order valence-corrected chi connectivity index (χ4v) is 3.05. The monoisotopic (exact) mass is 311 g/mol. The number of ether oxygens (including phenoxy) is 1. The third-order valence-corrected chi connectivity index (χ3v) is 4.29. The van der Waals surface area contributed by atoms with Crippen molar-refractivity contribution in [2.45, 2.75) is 26.3 Å². The summed E-state index contributed by atoms with van der Waals surface area (Å²) in [6.45, 7) is 4.50. The maximum atomic E-state index is 11.1. The first kappa shape index (κ1) is 15.4. The molecule has 4 heteroatoms.